The lowest BCUT2D eigenvalue weighted by atomic mass is 10.1. The summed E-state index contributed by atoms with van der Waals surface area (Å²) in [7, 11) is 0. The van der Waals surface area contributed by atoms with Crippen LogP contribution in [0.1, 0.15) is 19.3 Å². The van der Waals surface area contributed by atoms with E-state index in [9.17, 15) is 18.4 Å². The minimum Gasteiger partial charge on any atom is -0.354 e. The van der Waals surface area contributed by atoms with Crippen molar-refractivity contribution in [3.63, 3.8) is 0 Å². The minimum atomic E-state index is -2.84. The highest BCUT2D eigenvalue weighted by atomic mass is 19.3. The fraction of sp³-hybridized carbons (Fsp3) is 0.800. The van der Waals surface area contributed by atoms with E-state index in [1.807, 2.05) is 0 Å². The van der Waals surface area contributed by atoms with Crippen LogP contribution in [0, 0.1) is 0 Å². The Hall–Kier alpha value is -1.24. The van der Waals surface area contributed by atoms with Crippen molar-refractivity contribution in [2.24, 2.45) is 0 Å². The summed E-state index contributed by atoms with van der Waals surface area (Å²) in [5, 5.41) is 7.58. The molecule has 0 aromatic rings. The van der Waals surface area contributed by atoms with E-state index in [-0.39, 0.29) is 5.91 Å². The molecule has 0 saturated carbocycles. The largest absolute Gasteiger partial charge is 0.354 e. The normalized spacial score (nSPS) is 32.0. The van der Waals surface area contributed by atoms with Gasteiger partial charge >= 0.3 is 0 Å². The highest BCUT2D eigenvalue weighted by molar-refractivity contribution is 5.90. The molecule has 2 unspecified atom stereocenters. The van der Waals surface area contributed by atoms with E-state index >= 15 is 0 Å². The first-order chi connectivity index (χ1) is 7.98. The smallest absolute Gasteiger partial charge is 0.262 e. The number of hydrogen-bond donors (Lipinski definition) is 3. The summed E-state index contributed by atoms with van der Waals surface area (Å²) in [6.45, 7) is 0.118. The quantitative estimate of drug-likeness (QED) is 0.609. The Balaban J connectivity index is 1.87. The molecule has 0 aromatic carbocycles. The summed E-state index contributed by atoms with van der Waals surface area (Å²) in [5.74, 6) is -3.60. The number of piperidine rings is 1. The lowest BCUT2D eigenvalue weighted by molar-refractivity contribution is -0.131. The Morgan fingerprint density at radius 1 is 1.47 bits per heavy atom. The number of hydrogen-bond acceptors (Lipinski definition) is 3. The second-order valence-electron chi connectivity index (χ2n) is 4.49. The van der Waals surface area contributed by atoms with Gasteiger partial charge in [0.25, 0.3) is 5.92 Å². The molecule has 0 bridgehead atoms. The average molecular weight is 247 g/mol. The molecule has 0 radical (unpaired) electrons. The van der Waals surface area contributed by atoms with Crippen LogP contribution in [-0.4, -0.2) is 42.9 Å². The number of nitrogens with one attached hydrogen (secondary N) is 3. The van der Waals surface area contributed by atoms with Gasteiger partial charge in [-0.1, -0.05) is 0 Å². The van der Waals surface area contributed by atoms with Crippen LogP contribution in [0.3, 0.4) is 0 Å². The van der Waals surface area contributed by atoms with Crippen LogP contribution in [0.4, 0.5) is 8.78 Å². The number of rotatable bonds is 2. The summed E-state index contributed by atoms with van der Waals surface area (Å²) >= 11 is 0. The standard InChI is InChI=1S/C10H15F2N3O2/c11-10(12)4-7(14-5-10)9(17)15-6-2-1-3-13-8(6)16/h6-7,14H,1-5H2,(H,13,16)(H,15,17). The minimum absolute atomic E-state index is 0.241. The van der Waals surface area contributed by atoms with Crippen molar-refractivity contribution >= 4 is 11.8 Å². The SMILES string of the molecule is O=C(NC1CCCNC1=O)C1CC(F)(F)CN1. The van der Waals surface area contributed by atoms with Crippen LogP contribution in [-0.2, 0) is 9.59 Å². The Morgan fingerprint density at radius 3 is 2.82 bits per heavy atom. The first-order valence-electron chi connectivity index (χ1n) is 5.67. The van der Waals surface area contributed by atoms with E-state index in [4.69, 9.17) is 0 Å². The fourth-order valence-corrected chi connectivity index (χ4v) is 2.08. The molecular weight excluding hydrogens is 232 g/mol. The zero-order valence-corrected chi connectivity index (χ0v) is 9.26. The molecule has 0 spiro atoms. The van der Waals surface area contributed by atoms with Crippen molar-refractivity contribution in [3.05, 3.63) is 0 Å². The van der Waals surface area contributed by atoms with Crippen molar-refractivity contribution in [3.8, 4) is 0 Å². The van der Waals surface area contributed by atoms with Gasteiger partial charge in [-0.05, 0) is 12.8 Å². The third-order valence-electron chi connectivity index (χ3n) is 3.03. The topological polar surface area (TPSA) is 70.2 Å². The molecule has 2 aliphatic heterocycles. The highest BCUT2D eigenvalue weighted by Gasteiger charge is 2.43. The third-order valence-corrected chi connectivity index (χ3v) is 3.03. The van der Waals surface area contributed by atoms with Crippen LogP contribution >= 0.6 is 0 Å². The molecule has 17 heavy (non-hydrogen) atoms. The van der Waals surface area contributed by atoms with Gasteiger partial charge in [0.05, 0.1) is 12.6 Å². The van der Waals surface area contributed by atoms with E-state index in [1.54, 1.807) is 0 Å². The lowest BCUT2D eigenvalue weighted by Crippen LogP contribution is -2.53. The number of amides is 2. The number of carbonyl (C=O) groups excluding carboxylic acids is 2. The molecule has 2 fully saturated rings. The Kier molecular flexibility index (Phi) is 3.28. The van der Waals surface area contributed by atoms with Crippen LogP contribution in [0.15, 0.2) is 0 Å². The molecule has 0 aromatic heterocycles. The van der Waals surface area contributed by atoms with Gasteiger partial charge in [0.1, 0.15) is 6.04 Å². The third kappa shape index (κ3) is 2.91. The first kappa shape index (κ1) is 12.2. The number of carbonyl (C=O) groups is 2. The molecule has 2 amide bonds. The number of halogens is 2. The molecule has 3 N–H and O–H groups in total. The molecule has 2 saturated heterocycles. The predicted octanol–water partition coefficient (Wildman–Crippen LogP) is -0.622. The molecule has 2 rings (SSSR count). The van der Waals surface area contributed by atoms with E-state index in [2.05, 4.69) is 16.0 Å². The van der Waals surface area contributed by atoms with Crippen LogP contribution in [0.2, 0.25) is 0 Å². The molecule has 2 heterocycles. The summed E-state index contributed by atoms with van der Waals surface area (Å²) in [6, 6.07) is -1.49. The van der Waals surface area contributed by atoms with E-state index in [0.29, 0.717) is 13.0 Å². The maximum absolute atomic E-state index is 12.9. The van der Waals surface area contributed by atoms with Gasteiger partial charge in [-0.2, -0.15) is 0 Å². The fourth-order valence-electron chi connectivity index (χ4n) is 2.08. The van der Waals surface area contributed by atoms with Gasteiger partial charge in [-0.15, -0.1) is 0 Å². The van der Waals surface area contributed by atoms with Crippen molar-refractivity contribution < 1.29 is 18.4 Å². The first-order valence-corrected chi connectivity index (χ1v) is 5.67. The maximum Gasteiger partial charge on any atom is 0.262 e. The average Bonchev–Trinajstić information content (AvgIpc) is 2.62. The van der Waals surface area contributed by atoms with Crippen LogP contribution < -0.4 is 16.0 Å². The summed E-state index contributed by atoms with van der Waals surface area (Å²) < 4.78 is 25.8. The van der Waals surface area contributed by atoms with Crippen molar-refractivity contribution in [1.29, 1.82) is 0 Å². The van der Waals surface area contributed by atoms with Gasteiger partial charge in [-0.3, -0.25) is 14.9 Å². The second kappa shape index (κ2) is 4.56. The van der Waals surface area contributed by atoms with Crippen molar-refractivity contribution in [2.45, 2.75) is 37.3 Å². The summed E-state index contributed by atoms with van der Waals surface area (Å²) in [5.41, 5.74) is 0. The zero-order valence-electron chi connectivity index (χ0n) is 9.26. The Bertz CT molecular complexity index is 336. The molecule has 2 aliphatic rings. The lowest BCUT2D eigenvalue weighted by Gasteiger charge is -2.24. The van der Waals surface area contributed by atoms with Gasteiger partial charge < -0.3 is 10.6 Å². The zero-order chi connectivity index (χ0) is 12.5. The monoisotopic (exact) mass is 247 g/mol. The molecule has 0 aliphatic carbocycles. The van der Waals surface area contributed by atoms with Crippen molar-refractivity contribution in [1.82, 2.24) is 16.0 Å². The van der Waals surface area contributed by atoms with E-state index < -0.39 is 36.9 Å². The van der Waals surface area contributed by atoms with Crippen LogP contribution in [0.25, 0.3) is 0 Å². The summed E-state index contributed by atoms with van der Waals surface area (Å²) in [6.07, 6.45) is 0.832. The maximum atomic E-state index is 12.9. The Morgan fingerprint density at radius 2 is 2.24 bits per heavy atom. The van der Waals surface area contributed by atoms with Gasteiger partial charge in [-0.25, -0.2) is 8.78 Å². The highest BCUT2D eigenvalue weighted by Crippen LogP contribution is 2.25. The van der Waals surface area contributed by atoms with E-state index in [1.165, 1.54) is 0 Å². The summed E-state index contributed by atoms with van der Waals surface area (Å²) in [4.78, 5) is 23.0. The number of alkyl halides is 2. The van der Waals surface area contributed by atoms with Crippen LogP contribution in [0.5, 0.6) is 0 Å². The van der Waals surface area contributed by atoms with Gasteiger partial charge in [0.2, 0.25) is 11.8 Å². The Labute approximate surface area is 97.3 Å². The van der Waals surface area contributed by atoms with Crippen molar-refractivity contribution in [2.75, 3.05) is 13.1 Å². The molecular formula is C10H15F2N3O2. The molecule has 5 nitrogen and oxygen atoms in total. The van der Waals surface area contributed by atoms with E-state index in [0.717, 1.165) is 6.42 Å². The molecule has 7 heteroatoms. The van der Waals surface area contributed by atoms with Gasteiger partial charge in [0, 0.05) is 13.0 Å². The predicted molar refractivity (Wildman–Crippen MR) is 55.5 cm³/mol. The van der Waals surface area contributed by atoms with Gasteiger partial charge in [0.15, 0.2) is 0 Å². The molecule has 2 atom stereocenters. The second-order valence-corrected chi connectivity index (χ2v) is 4.49. The molecule has 96 valence electrons.